The zero-order chi connectivity index (χ0) is 13.6. The van der Waals surface area contributed by atoms with Crippen LogP contribution in [0, 0.1) is 0 Å². The minimum absolute atomic E-state index is 0.415. The van der Waals surface area contributed by atoms with Crippen LogP contribution in [0.25, 0.3) is 6.08 Å². The Labute approximate surface area is 108 Å². The van der Waals surface area contributed by atoms with Gasteiger partial charge in [-0.2, -0.15) is 8.42 Å². The largest absolute Gasteiger partial charge is 0.307 e. The molecule has 0 aliphatic heterocycles. The molecule has 0 amide bonds. The van der Waals surface area contributed by atoms with Gasteiger partial charge in [0.25, 0.3) is 0 Å². The molecule has 0 radical (unpaired) electrons. The third kappa shape index (κ3) is 4.27. The molecule has 0 aliphatic carbocycles. The SMILES string of the molecule is C=Cc1c[n+](C(CCCCCC)S(=O)(=O)O)c[nH]1. The van der Waals surface area contributed by atoms with Crippen molar-refractivity contribution < 1.29 is 17.5 Å². The summed E-state index contributed by atoms with van der Waals surface area (Å²) in [6, 6.07) is 0. The maximum atomic E-state index is 11.4. The number of aromatic nitrogens is 2. The molecule has 0 aliphatic rings. The summed E-state index contributed by atoms with van der Waals surface area (Å²) in [5.74, 6) is 0. The molecule has 0 saturated heterocycles. The van der Waals surface area contributed by atoms with E-state index >= 15 is 0 Å². The average Bonchev–Trinajstić information content (AvgIpc) is 2.75. The Bertz CT molecular complexity index is 479. The molecule has 1 unspecified atom stereocenters. The van der Waals surface area contributed by atoms with Crippen molar-refractivity contribution in [1.82, 2.24) is 4.98 Å². The van der Waals surface area contributed by atoms with Crippen molar-refractivity contribution in [1.29, 1.82) is 0 Å². The number of hydrogen-bond acceptors (Lipinski definition) is 2. The van der Waals surface area contributed by atoms with Gasteiger partial charge in [-0.1, -0.05) is 32.8 Å². The van der Waals surface area contributed by atoms with E-state index in [1.54, 1.807) is 12.3 Å². The first-order valence-electron chi connectivity index (χ1n) is 6.17. The predicted octanol–water partition coefficient (Wildman–Crippen LogP) is 2.30. The van der Waals surface area contributed by atoms with E-state index in [0.717, 1.165) is 31.4 Å². The fourth-order valence-corrected chi connectivity index (χ4v) is 2.75. The zero-order valence-electron chi connectivity index (χ0n) is 10.7. The minimum Gasteiger partial charge on any atom is -0.282 e. The fraction of sp³-hybridized carbons (Fsp3) is 0.583. The van der Waals surface area contributed by atoms with Gasteiger partial charge in [0, 0.05) is 6.42 Å². The lowest BCUT2D eigenvalue weighted by Crippen LogP contribution is -2.42. The van der Waals surface area contributed by atoms with E-state index in [0.29, 0.717) is 6.42 Å². The summed E-state index contributed by atoms with van der Waals surface area (Å²) in [6.45, 7) is 5.69. The molecule has 1 aromatic rings. The molecule has 0 saturated carbocycles. The van der Waals surface area contributed by atoms with E-state index in [-0.39, 0.29) is 0 Å². The Hall–Kier alpha value is -1.14. The summed E-state index contributed by atoms with van der Waals surface area (Å²) in [5, 5.41) is -0.917. The van der Waals surface area contributed by atoms with Crippen LogP contribution in [0.2, 0.25) is 0 Å². The zero-order valence-corrected chi connectivity index (χ0v) is 11.5. The van der Waals surface area contributed by atoms with Gasteiger partial charge in [0.15, 0.2) is 5.69 Å². The summed E-state index contributed by atoms with van der Waals surface area (Å²) in [4.78, 5) is 2.88. The quantitative estimate of drug-likeness (QED) is 0.433. The van der Waals surface area contributed by atoms with Crippen molar-refractivity contribution in [2.45, 2.75) is 44.4 Å². The molecule has 6 heteroatoms. The van der Waals surface area contributed by atoms with Gasteiger partial charge in [-0.15, -0.1) is 0 Å². The molecule has 1 rings (SSSR count). The van der Waals surface area contributed by atoms with E-state index in [1.165, 1.54) is 10.9 Å². The highest BCUT2D eigenvalue weighted by molar-refractivity contribution is 7.85. The van der Waals surface area contributed by atoms with Crippen molar-refractivity contribution in [2.24, 2.45) is 0 Å². The van der Waals surface area contributed by atoms with Crippen LogP contribution >= 0.6 is 0 Å². The number of aromatic amines is 1. The summed E-state index contributed by atoms with van der Waals surface area (Å²) in [7, 11) is -4.09. The second-order valence-corrected chi connectivity index (χ2v) is 5.90. The Morgan fingerprint density at radius 2 is 2.22 bits per heavy atom. The second kappa shape index (κ2) is 6.70. The Morgan fingerprint density at radius 1 is 1.50 bits per heavy atom. The maximum absolute atomic E-state index is 11.4. The molecule has 1 heterocycles. The number of nitrogens with zero attached hydrogens (tertiary/aromatic N) is 1. The number of unbranched alkanes of at least 4 members (excludes halogenated alkanes) is 3. The molecule has 1 aromatic heterocycles. The number of nitrogens with one attached hydrogen (secondary N) is 1. The van der Waals surface area contributed by atoms with E-state index in [2.05, 4.69) is 18.5 Å². The lowest BCUT2D eigenvalue weighted by molar-refractivity contribution is -0.701. The van der Waals surface area contributed by atoms with Gasteiger partial charge in [0.05, 0.1) is 0 Å². The van der Waals surface area contributed by atoms with Gasteiger partial charge in [-0.25, -0.2) is 9.55 Å². The molecule has 0 bridgehead atoms. The molecule has 5 nitrogen and oxygen atoms in total. The molecule has 18 heavy (non-hydrogen) atoms. The molecule has 0 fully saturated rings. The highest BCUT2D eigenvalue weighted by atomic mass is 32.2. The van der Waals surface area contributed by atoms with Gasteiger partial charge in [-0.05, 0) is 12.5 Å². The van der Waals surface area contributed by atoms with Crippen molar-refractivity contribution >= 4 is 16.2 Å². The third-order valence-electron chi connectivity index (χ3n) is 2.87. The summed E-state index contributed by atoms with van der Waals surface area (Å²) in [5.41, 5.74) is 0.720. The highest BCUT2D eigenvalue weighted by Gasteiger charge is 2.29. The number of hydrogen-bond donors (Lipinski definition) is 2. The van der Waals surface area contributed by atoms with Crippen LogP contribution in [-0.2, 0) is 10.1 Å². The van der Waals surface area contributed by atoms with Crippen molar-refractivity contribution in [3.8, 4) is 0 Å². The Kier molecular flexibility index (Phi) is 5.55. The minimum atomic E-state index is -4.09. The van der Waals surface area contributed by atoms with E-state index < -0.39 is 15.5 Å². The van der Waals surface area contributed by atoms with Crippen molar-refractivity contribution in [3.63, 3.8) is 0 Å². The lowest BCUT2D eigenvalue weighted by Gasteiger charge is -2.10. The third-order valence-corrected chi connectivity index (χ3v) is 4.04. The maximum Gasteiger partial charge on any atom is 0.307 e. The lowest BCUT2D eigenvalue weighted by atomic mass is 10.1. The highest BCUT2D eigenvalue weighted by Crippen LogP contribution is 2.16. The normalized spacial score (nSPS) is 13.4. The number of rotatable bonds is 8. The summed E-state index contributed by atoms with van der Waals surface area (Å²) >= 11 is 0. The van der Waals surface area contributed by atoms with Crippen LogP contribution in [0.3, 0.4) is 0 Å². The van der Waals surface area contributed by atoms with Gasteiger partial charge in [0.2, 0.25) is 11.7 Å². The molecule has 2 N–H and O–H groups in total. The van der Waals surface area contributed by atoms with Crippen molar-refractivity contribution in [2.75, 3.05) is 0 Å². The van der Waals surface area contributed by atoms with Crippen LogP contribution in [0.5, 0.6) is 0 Å². The standard InChI is InChI=1S/C12H20N2O3S/c1-3-5-6-7-8-12(18(15,16)17)14-9-11(4-2)13-10-14/h4,9-10,12H,2-3,5-8H2,1H3,(H,15,16,17)/p+1. The van der Waals surface area contributed by atoms with Crippen LogP contribution in [0.15, 0.2) is 19.1 Å². The van der Waals surface area contributed by atoms with E-state index in [4.69, 9.17) is 0 Å². The smallest absolute Gasteiger partial charge is 0.282 e. The molecular formula is C12H21N2O3S+. The van der Waals surface area contributed by atoms with Crippen LogP contribution < -0.4 is 4.57 Å². The molecule has 0 aromatic carbocycles. The molecule has 1 atom stereocenters. The predicted molar refractivity (Wildman–Crippen MR) is 70.4 cm³/mol. The first-order valence-corrected chi connectivity index (χ1v) is 7.67. The van der Waals surface area contributed by atoms with Gasteiger partial charge < -0.3 is 0 Å². The molecular weight excluding hydrogens is 252 g/mol. The van der Waals surface area contributed by atoms with Crippen LogP contribution in [0.4, 0.5) is 0 Å². The van der Waals surface area contributed by atoms with Crippen LogP contribution in [-0.4, -0.2) is 18.0 Å². The number of H-pyrrole nitrogens is 1. The van der Waals surface area contributed by atoms with Gasteiger partial charge in [-0.3, -0.25) is 4.55 Å². The fourth-order valence-electron chi connectivity index (χ4n) is 1.86. The average molecular weight is 273 g/mol. The first-order chi connectivity index (χ1) is 8.49. The molecule has 0 spiro atoms. The van der Waals surface area contributed by atoms with Gasteiger partial charge >= 0.3 is 10.1 Å². The van der Waals surface area contributed by atoms with E-state index in [1.807, 2.05) is 0 Å². The topological polar surface area (TPSA) is 74.0 Å². The second-order valence-electron chi connectivity index (χ2n) is 4.33. The van der Waals surface area contributed by atoms with Crippen LogP contribution in [0.1, 0.15) is 50.1 Å². The summed E-state index contributed by atoms with van der Waals surface area (Å²) in [6.07, 6.45) is 9.09. The monoisotopic (exact) mass is 273 g/mol. The summed E-state index contributed by atoms with van der Waals surface area (Å²) < 4.78 is 33.5. The Balaban J connectivity index is 2.76. The van der Waals surface area contributed by atoms with E-state index in [9.17, 15) is 13.0 Å². The first kappa shape index (κ1) is 14.9. The van der Waals surface area contributed by atoms with Crippen molar-refractivity contribution in [3.05, 3.63) is 24.8 Å². The molecule has 102 valence electrons. The van der Waals surface area contributed by atoms with Gasteiger partial charge in [0.1, 0.15) is 6.20 Å². The number of imidazole rings is 1. The Morgan fingerprint density at radius 3 is 2.72 bits per heavy atom.